The summed E-state index contributed by atoms with van der Waals surface area (Å²) < 4.78 is 13.8. The minimum Gasteiger partial charge on any atom is -0.353 e. The second-order valence-corrected chi connectivity index (χ2v) is 5.24. The van der Waals surface area contributed by atoms with E-state index in [1.807, 2.05) is 11.9 Å². The van der Waals surface area contributed by atoms with Crippen molar-refractivity contribution in [3.63, 3.8) is 0 Å². The summed E-state index contributed by atoms with van der Waals surface area (Å²) in [5, 5.41) is 0. The molecule has 0 saturated carbocycles. The van der Waals surface area contributed by atoms with Gasteiger partial charge in [0.1, 0.15) is 17.7 Å². The molecule has 102 valence electrons. The Morgan fingerprint density at radius 3 is 2.95 bits per heavy atom. The van der Waals surface area contributed by atoms with Crippen molar-refractivity contribution in [2.24, 2.45) is 0 Å². The zero-order valence-corrected chi connectivity index (χ0v) is 12.2. The second kappa shape index (κ2) is 5.16. The van der Waals surface area contributed by atoms with E-state index in [-0.39, 0.29) is 5.82 Å². The predicted octanol–water partition coefficient (Wildman–Crippen LogP) is 2.89. The van der Waals surface area contributed by atoms with E-state index < -0.39 is 0 Å². The molecule has 20 heavy (non-hydrogen) atoms. The average Bonchev–Trinajstić information content (AvgIpc) is 2.90. The van der Waals surface area contributed by atoms with Crippen LogP contribution in [0.2, 0.25) is 0 Å². The van der Waals surface area contributed by atoms with Crippen molar-refractivity contribution in [3.8, 4) is 0 Å². The molecule has 1 N–H and O–H groups in total. The monoisotopic (exact) mass is 335 g/mol. The van der Waals surface area contributed by atoms with Gasteiger partial charge in [-0.25, -0.2) is 19.3 Å². The number of nitrogens with zero attached hydrogens (tertiary/aromatic N) is 4. The number of anilines is 1. The van der Waals surface area contributed by atoms with Crippen LogP contribution in [0.25, 0.3) is 11.2 Å². The number of imidazole rings is 1. The van der Waals surface area contributed by atoms with Gasteiger partial charge in [0.2, 0.25) is 0 Å². The Labute approximate surface area is 123 Å². The lowest BCUT2D eigenvalue weighted by Gasteiger charge is -2.19. The summed E-state index contributed by atoms with van der Waals surface area (Å²) in [7, 11) is 1.92. The highest BCUT2D eigenvalue weighted by Gasteiger charge is 2.12. The third-order valence-corrected chi connectivity index (χ3v) is 3.73. The van der Waals surface area contributed by atoms with E-state index in [0.717, 1.165) is 21.4 Å². The molecule has 0 aliphatic heterocycles. The molecule has 0 bridgehead atoms. The number of benzene rings is 1. The Bertz CT molecular complexity index is 757. The zero-order chi connectivity index (χ0) is 14.1. The van der Waals surface area contributed by atoms with Crippen LogP contribution in [-0.4, -0.2) is 27.0 Å². The average molecular weight is 336 g/mol. The molecule has 0 aliphatic rings. The summed E-state index contributed by atoms with van der Waals surface area (Å²) in [6.07, 6.45) is 3.07. The summed E-state index contributed by atoms with van der Waals surface area (Å²) in [5.41, 5.74) is 2.38. The molecule has 0 amide bonds. The van der Waals surface area contributed by atoms with Gasteiger partial charge in [0.05, 0.1) is 6.33 Å². The quantitative estimate of drug-likeness (QED) is 0.799. The van der Waals surface area contributed by atoms with Crippen molar-refractivity contribution in [3.05, 3.63) is 46.7 Å². The molecule has 0 fully saturated rings. The van der Waals surface area contributed by atoms with E-state index >= 15 is 0 Å². The second-order valence-electron chi connectivity index (χ2n) is 4.39. The van der Waals surface area contributed by atoms with Gasteiger partial charge in [-0.05, 0) is 17.7 Å². The van der Waals surface area contributed by atoms with Crippen molar-refractivity contribution in [1.82, 2.24) is 19.9 Å². The van der Waals surface area contributed by atoms with Crippen LogP contribution in [0.1, 0.15) is 5.56 Å². The van der Waals surface area contributed by atoms with Crippen LogP contribution >= 0.6 is 15.9 Å². The van der Waals surface area contributed by atoms with Crippen LogP contribution in [0.15, 0.2) is 35.3 Å². The van der Waals surface area contributed by atoms with Crippen molar-refractivity contribution in [2.75, 3.05) is 11.9 Å². The van der Waals surface area contributed by atoms with Gasteiger partial charge in [0.15, 0.2) is 11.5 Å². The summed E-state index contributed by atoms with van der Waals surface area (Å²) in [4.78, 5) is 17.5. The van der Waals surface area contributed by atoms with Crippen LogP contribution in [0.5, 0.6) is 0 Å². The number of halogens is 2. The summed E-state index contributed by atoms with van der Waals surface area (Å²) >= 11 is 3.37. The van der Waals surface area contributed by atoms with E-state index in [1.54, 1.807) is 12.4 Å². The summed E-state index contributed by atoms with van der Waals surface area (Å²) in [6, 6.07) is 4.65. The lowest BCUT2D eigenvalue weighted by atomic mass is 10.2. The van der Waals surface area contributed by atoms with E-state index in [9.17, 15) is 4.39 Å². The first-order valence-electron chi connectivity index (χ1n) is 5.94. The first-order valence-corrected chi connectivity index (χ1v) is 6.73. The van der Waals surface area contributed by atoms with Crippen LogP contribution in [0.4, 0.5) is 10.2 Å². The van der Waals surface area contributed by atoms with Gasteiger partial charge in [-0.2, -0.15) is 0 Å². The highest BCUT2D eigenvalue weighted by Crippen LogP contribution is 2.23. The lowest BCUT2D eigenvalue weighted by Crippen LogP contribution is -2.18. The van der Waals surface area contributed by atoms with Gasteiger partial charge in [0, 0.05) is 18.1 Å². The molecule has 0 radical (unpaired) electrons. The van der Waals surface area contributed by atoms with Gasteiger partial charge < -0.3 is 9.88 Å². The molecular formula is C13H11BrFN5. The molecule has 0 spiro atoms. The molecule has 5 nitrogen and oxygen atoms in total. The fraction of sp³-hybridized carbons (Fsp3) is 0.154. The third kappa shape index (κ3) is 2.36. The fourth-order valence-electron chi connectivity index (χ4n) is 2.02. The van der Waals surface area contributed by atoms with Gasteiger partial charge >= 0.3 is 0 Å². The van der Waals surface area contributed by atoms with Crippen molar-refractivity contribution in [1.29, 1.82) is 0 Å². The number of fused-ring (bicyclic) bond motifs is 1. The fourth-order valence-corrected chi connectivity index (χ4v) is 2.50. The van der Waals surface area contributed by atoms with E-state index in [2.05, 4.69) is 35.9 Å². The number of nitrogens with one attached hydrogen (secondary N) is 1. The Morgan fingerprint density at radius 2 is 2.15 bits per heavy atom. The molecule has 3 rings (SSSR count). The largest absolute Gasteiger partial charge is 0.353 e. The van der Waals surface area contributed by atoms with E-state index in [0.29, 0.717) is 12.2 Å². The maximum atomic E-state index is 13.1. The van der Waals surface area contributed by atoms with Crippen molar-refractivity contribution >= 4 is 32.9 Å². The Morgan fingerprint density at radius 1 is 1.30 bits per heavy atom. The van der Waals surface area contributed by atoms with Gasteiger partial charge in [-0.1, -0.05) is 22.0 Å². The normalized spacial score (nSPS) is 10.9. The van der Waals surface area contributed by atoms with Gasteiger partial charge in [-0.3, -0.25) is 0 Å². The molecule has 0 aliphatic carbocycles. The maximum Gasteiger partial charge on any atom is 0.182 e. The topological polar surface area (TPSA) is 57.7 Å². The van der Waals surface area contributed by atoms with Crippen LogP contribution in [0.3, 0.4) is 0 Å². The minimum absolute atomic E-state index is 0.263. The number of aromatic amines is 1. The van der Waals surface area contributed by atoms with Crippen LogP contribution in [0, 0.1) is 5.82 Å². The first-order chi connectivity index (χ1) is 9.65. The standard InChI is InChI=1S/C13H11BrFN5/c1-20(5-8-2-3-9(15)4-10(8)14)13-11-12(17-6-16-11)18-7-19-13/h2-4,6-7H,5H2,1H3,(H,16,17,18,19). The summed E-state index contributed by atoms with van der Waals surface area (Å²) in [5.74, 6) is 0.491. The molecular weight excluding hydrogens is 325 g/mol. The van der Waals surface area contributed by atoms with Gasteiger partial charge in [-0.15, -0.1) is 0 Å². The van der Waals surface area contributed by atoms with Gasteiger partial charge in [0.25, 0.3) is 0 Å². The highest BCUT2D eigenvalue weighted by atomic mass is 79.9. The molecule has 0 atom stereocenters. The lowest BCUT2D eigenvalue weighted by molar-refractivity contribution is 0.625. The number of H-pyrrole nitrogens is 1. The van der Waals surface area contributed by atoms with Crippen molar-refractivity contribution in [2.45, 2.75) is 6.54 Å². The highest BCUT2D eigenvalue weighted by molar-refractivity contribution is 9.10. The van der Waals surface area contributed by atoms with Crippen LogP contribution in [-0.2, 0) is 6.54 Å². The van der Waals surface area contributed by atoms with Crippen molar-refractivity contribution < 1.29 is 4.39 Å². The number of aromatic nitrogens is 4. The first kappa shape index (κ1) is 13.0. The maximum absolute atomic E-state index is 13.1. The number of rotatable bonds is 3. The molecule has 2 aromatic heterocycles. The molecule has 3 aromatic rings. The Balaban J connectivity index is 1.93. The van der Waals surface area contributed by atoms with E-state index in [1.165, 1.54) is 18.5 Å². The zero-order valence-electron chi connectivity index (χ0n) is 10.6. The predicted molar refractivity (Wildman–Crippen MR) is 77.9 cm³/mol. The molecule has 1 aromatic carbocycles. The number of hydrogen-bond acceptors (Lipinski definition) is 4. The molecule has 7 heteroatoms. The van der Waals surface area contributed by atoms with E-state index in [4.69, 9.17) is 0 Å². The number of hydrogen-bond donors (Lipinski definition) is 1. The molecule has 0 saturated heterocycles. The SMILES string of the molecule is CN(Cc1ccc(F)cc1Br)c1ncnc2nc[nH]c12. The Kier molecular flexibility index (Phi) is 3.35. The summed E-state index contributed by atoms with van der Waals surface area (Å²) in [6.45, 7) is 0.589. The van der Waals surface area contributed by atoms with Crippen LogP contribution < -0.4 is 4.90 Å². The molecule has 0 unspecified atom stereocenters. The molecule has 2 heterocycles. The Hall–Kier alpha value is -2.02. The minimum atomic E-state index is -0.263. The third-order valence-electron chi connectivity index (χ3n) is 2.99. The smallest absolute Gasteiger partial charge is 0.182 e.